The molecule has 1 heterocycles. The van der Waals surface area contributed by atoms with Crippen LogP contribution < -0.4 is 5.32 Å². The number of furan rings is 1. The molecule has 0 saturated carbocycles. The van der Waals surface area contributed by atoms with Crippen molar-refractivity contribution in [1.82, 2.24) is 5.32 Å². The molecule has 1 N–H and O–H groups in total. The van der Waals surface area contributed by atoms with Gasteiger partial charge in [-0.3, -0.25) is 0 Å². The van der Waals surface area contributed by atoms with Crippen LogP contribution in [0.2, 0.25) is 0 Å². The van der Waals surface area contributed by atoms with Gasteiger partial charge in [0.25, 0.3) is 0 Å². The van der Waals surface area contributed by atoms with E-state index in [0.717, 1.165) is 19.5 Å². The number of rotatable bonds is 6. The molecule has 0 fully saturated rings. The van der Waals surface area contributed by atoms with E-state index >= 15 is 0 Å². The maximum atomic E-state index is 5.15. The van der Waals surface area contributed by atoms with Crippen LogP contribution in [0.5, 0.6) is 0 Å². The zero-order valence-corrected chi connectivity index (χ0v) is 12.1. The molecule has 3 heteroatoms. The van der Waals surface area contributed by atoms with E-state index in [1.54, 1.807) is 6.26 Å². The molecule has 0 spiro atoms. The molecular weight excluding hydrogens is 290 g/mol. The normalized spacial score (nSPS) is 12.6. The smallest absolute Gasteiger partial charge is 0.0934 e. The number of benzene rings is 1. The molecule has 2 aromatic rings. The molecule has 1 aromatic carbocycles. The quantitative estimate of drug-likeness (QED) is 0.873. The van der Waals surface area contributed by atoms with Gasteiger partial charge in [-0.2, -0.15) is 0 Å². The summed E-state index contributed by atoms with van der Waals surface area (Å²) in [5, 5.41) is 3.44. The monoisotopic (exact) mass is 307 g/mol. The van der Waals surface area contributed by atoms with Crippen molar-refractivity contribution >= 4 is 15.9 Å². The molecule has 0 aliphatic heterocycles. The Morgan fingerprint density at radius 1 is 1.28 bits per heavy atom. The standard InChI is InChI=1S/C15H18BrNO/c1-2-17-10-13(9-12-7-8-18-11-12)14-5-3-4-6-15(14)16/h3-8,11,13,17H,2,9-10H2,1H3. The highest BCUT2D eigenvalue weighted by Crippen LogP contribution is 2.27. The van der Waals surface area contributed by atoms with Gasteiger partial charge >= 0.3 is 0 Å². The van der Waals surface area contributed by atoms with E-state index in [1.807, 2.05) is 12.3 Å². The summed E-state index contributed by atoms with van der Waals surface area (Å²) in [6.45, 7) is 4.10. The third kappa shape index (κ3) is 3.47. The van der Waals surface area contributed by atoms with E-state index in [4.69, 9.17) is 4.42 Å². The third-order valence-corrected chi connectivity index (χ3v) is 3.77. The maximum absolute atomic E-state index is 5.15. The van der Waals surface area contributed by atoms with Crippen LogP contribution in [-0.4, -0.2) is 13.1 Å². The summed E-state index contributed by atoms with van der Waals surface area (Å²) in [6, 6.07) is 10.5. The van der Waals surface area contributed by atoms with Gasteiger partial charge in [0.2, 0.25) is 0 Å². The van der Waals surface area contributed by atoms with Gasteiger partial charge < -0.3 is 9.73 Å². The highest BCUT2D eigenvalue weighted by atomic mass is 79.9. The summed E-state index contributed by atoms with van der Waals surface area (Å²) in [5.74, 6) is 0.457. The Bertz CT molecular complexity index is 467. The summed E-state index contributed by atoms with van der Waals surface area (Å²) < 4.78 is 6.33. The average Bonchev–Trinajstić information content (AvgIpc) is 2.88. The third-order valence-electron chi connectivity index (χ3n) is 3.05. The number of nitrogens with one attached hydrogen (secondary N) is 1. The van der Waals surface area contributed by atoms with Crippen molar-refractivity contribution in [2.75, 3.05) is 13.1 Å². The first-order valence-electron chi connectivity index (χ1n) is 6.27. The van der Waals surface area contributed by atoms with E-state index in [1.165, 1.54) is 15.6 Å². The second-order valence-electron chi connectivity index (χ2n) is 4.36. The van der Waals surface area contributed by atoms with Crippen LogP contribution >= 0.6 is 15.9 Å². The topological polar surface area (TPSA) is 25.2 Å². The van der Waals surface area contributed by atoms with Crippen LogP contribution in [0.1, 0.15) is 24.0 Å². The van der Waals surface area contributed by atoms with Crippen LogP contribution in [0.15, 0.2) is 51.7 Å². The van der Waals surface area contributed by atoms with Crippen LogP contribution in [-0.2, 0) is 6.42 Å². The number of halogens is 1. The van der Waals surface area contributed by atoms with Gasteiger partial charge in [-0.15, -0.1) is 0 Å². The molecule has 1 atom stereocenters. The van der Waals surface area contributed by atoms with Crippen molar-refractivity contribution in [2.45, 2.75) is 19.3 Å². The second kappa shape index (κ2) is 6.76. The zero-order valence-electron chi connectivity index (χ0n) is 10.5. The molecular formula is C15H18BrNO. The second-order valence-corrected chi connectivity index (χ2v) is 5.22. The lowest BCUT2D eigenvalue weighted by Gasteiger charge is -2.18. The first kappa shape index (κ1) is 13.4. The summed E-state index contributed by atoms with van der Waals surface area (Å²) in [5.41, 5.74) is 2.59. The van der Waals surface area contributed by atoms with Crippen molar-refractivity contribution in [3.05, 3.63) is 58.5 Å². The van der Waals surface area contributed by atoms with Crippen molar-refractivity contribution in [3.63, 3.8) is 0 Å². The fraction of sp³-hybridized carbons (Fsp3) is 0.333. The van der Waals surface area contributed by atoms with Crippen molar-refractivity contribution in [3.8, 4) is 0 Å². The number of hydrogen-bond acceptors (Lipinski definition) is 2. The summed E-state index contributed by atoms with van der Waals surface area (Å²) in [4.78, 5) is 0. The SMILES string of the molecule is CCNCC(Cc1ccoc1)c1ccccc1Br. The van der Waals surface area contributed by atoms with Crippen LogP contribution in [0.25, 0.3) is 0 Å². The van der Waals surface area contributed by atoms with Gasteiger partial charge in [0.15, 0.2) is 0 Å². The van der Waals surface area contributed by atoms with Crippen LogP contribution in [0.3, 0.4) is 0 Å². The van der Waals surface area contributed by atoms with Gasteiger partial charge in [0.05, 0.1) is 12.5 Å². The predicted octanol–water partition coefficient (Wildman–Crippen LogP) is 3.98. The fourth-order valence-electron chi connectivity index (χ4n) is 2.11. The minimum absolute atomic E-state index is 0.457. The van der Waals surface area contributed by atoms with Crippen LogP contribution in [0, 0.1) is 0 Å². The molecule has 2 rings (SSSR count). The molecule has 0 aliphatic carbocycles. The Labute approximate surface area is 117 Å². The molecule has 96 valence electrons. The first-order chi connectivity index (χ1) is 8.81. The fourth-order valence-corrected chi connectivity index (χ4v) is 2.72. The maximum Gasteiger partial charge on any atom is 0.0934 e. The molecule has 0 amide bonds. The molecule has 0 saturated heterocycles. The molecule has 0 bridgehead atoms. The number of likely N-dealkylation sites (N-methyl/N-ethyl adjacent to an activating group) is 1. The van der Waals surface area contributed by atoms with E-state index in [9.17, 15) is 0 Å². The molecule has 0 radical (unpaired) electrons. The van der Waals surface area contributed by atoms with E-state index in [0.29, 0.717) is 5.92 Å². The largest absolute Gasteiger partial charge is 0.472 e. The Kier molecular flexibility index (Phi) is 5.02. The van der Waals surface area contributed by atoms with Crippen molar-refractivity contribution in [2.24, 2.45) is 0 Å². The molecule has 1 unspecified atom stereocenters. The minimum atomic E-state index is 0.457. The zero-order chi connectivity index (χ0) is 12.8. The average molecular weight is 308 g/mol. The molecule has 2 nitrogen and oxygen atoms in total. The van der Waals surface area contributed by atoms with Gasteiger partial charge in [0, 0.05) is 16.9 Å². The highest BCUT2D eigenvalue weighted by molar-refractivity contribution is 9.10. The predicted molar refractivity (Wildman–Crippen MR) is 77.8 cm³/mol. The summed E-state index contributed by atoms with van der Waals surface area (Å²) in [6.07, 6.45) is 4.56. The van der Waals surface area contributed by atoms with Gasteiger partial charge in [-0.1, -0.05) is 41.1 Å². The lowest BCUT2D eigenvalue weighted by Crippen LogP contribution is -2.22. The highest BCUT2D eigenvalue weighted by Gasteiger charge is 2.15. The van der Waals surface area contributed by atoms with Crippen LogP contribution in [0.4, 0.5) is 0 Å². The van der Waals surface area contributed by atoms with E-state index < -0.39 is 0 Å². The molecule has 0 aliphatic rings. The van der Waals surface area contributed by atoms with Gasteiger partial charge in [-0.05, 0) is 36.2 Å². The minimum Gasteiger partial charge on any atom is -0.472 e. The molecule has 18 heavy (non-hydrogen) atoms. The Hall–Kier alpha value is -1.06. The van der Waals surface area contributed by atoms with Crippen molar-refractivity contribution < 1.29 is 4.42 Å². The van der Waals surface area contributed by atoms with E-state index in [-0.39, 0.29) is 0 Å². The summed E-state index contributed by atoms with van der Waals surface area (Å²) in [7, 11) is 0. The number of hydrogen-bond donors (Lipinski definition) is 1. The van der Waals surface area contributed by atoms with Gasteiger partial charge in [0.1, 0.15) is 0 Å². The Morgan fingerprint density at radius 2 is 2.11 bits per heavy atom. The molecule has 1 aromatic heterocycles. The van der Waals surface area contributed by atoms with Gasteiger partial charge in [-0.25, -0.2) is 0 Å². The summed E-state index contributed by atoms with van der Waals surface area (Å²) >= 11 is 3.64. The lowest BCUT2D eigenvalue weighted by atomic mass is 9.93. The van der Waals surface area contributed by atoms with Crippen molar-refractivity contribution in [1.29, 1.82) is 0 Å². The lowest BCUT2D eigenvalue weighted by molar-refractivity contribution is 0.554. The van der Waals surface area contributed by atoms with E-state index in [2.05, 4.69) is 52.4 Å². The Morgan fingerprint density at radius 3 is 2.78 bits per heavy atom. The first-order valence-corrected chi connectivity index (χ1v) is 7.06. The Balaban J connectivity index is 2.16.